The van der Waals surface area contributed by atoms with Gasteiger partial charge in [0.15, 0.2) is 5.90 Å². The molecule has 1 rings (SSSR count). The molecule has 1 aliphatic rings. The molecule has 0 bridgehead atoms. The van der Waals surface area contributed by atoms with Gasteiger partial charge in [-0.15, -0.1) is 0 Å². The van der Waals surface area contributed by atoms with Crippen LogP contribution in [0.5, 0.6) is 0 Å². The largest absolute Gasteiger partial charge is 0.479 e. The summed E-state index contributed by atoms with van der Waals surface area (Å²) in [6.45, 7) is 6.08. The molecule has 0 radical (unpaired) electrons. The molecule has 1 aliphatic heterocycles. The molecule has 0 spiro atoms. The van der Waals surface area contributed by atoms with Gasteiger partial charge in [-0.3, -0.25) is 4.99 Å². The highest BCUT2D eigenvalue weighted by Crippen LogP contribution is 2.16. The van der Waals surface area contributed by atoms with Crippen LogP contribution in [-0.2, 0) is 4.74 Å². The van der Waals surface area contributed by atoms with Gasteiger partial charge in [0.1, 0.15) is 6.61 Å². The van der Waals surface area contributed by atoms with Gasteiger partial charge < -0.3 is 4.74 Å². The van der Waals surface area contributed by atoms with E-state index in [1.807, 2.05) is 0 Å². The average Bonchev–Trinajstić information content (AvgIpc) is 2.52. The molecule has 0 aromatic heterocycles. The lowest BCUT2D eigenvalue weighted by Gasteiger charge is -2.12. The van der Waals surface area contributed by atoms with Crippen LogP contribution in [0.4, 0.5) is 0 Å². The molecule has 0 saturated carbocycles. The number of ether oxygens (including phenoxy) is 1. The van der Waals surface area contributed by atoms with Crippen molar-refractivity contribution in [3.63, 3.8) is 0 Å². The summed E-state index contributed by atoms with van der Waals surface area (Å²) in [5.41, 5.74) is 0. The van der Waals surface area contributed by atoms with Gasteiger partial charge in [-0.2, -0.15) is 0 Å². The van der Waals surface area contributed by atoms with E-state index in [-0.39, 0.29) is 0 Å². The van der Waals surface area contributed by atoms with Gasteiger partial charge in [-0.25, -0.2) is 0 Å². The van der Waals surface area contributed by atoms with Crippen LogP contribution in [0.25, 0.3) is 0 Å². The summed E-state index contributed by atoms with van der Waals surface area (Å²) in [6, 6.07) is 0. The van der Waals surface area contributed by atoms with Crippen LogP contribution in [0.15, 0.2) is 4.99 Å². The maximum absolute atomic E-state index is 5.41. The van der Waals surface area contributed by atoms with Gasteiger partial charge in [0.05, 0.1) is 6.54 Å². The standard InChI is InChI=1S/C9H17NO/c1-3-5-8(4-2)9-10-6-7-11-9/h8H,3-7H2,1-2H3. The number of nitrogens with zero attached hydrogens (tertiary/aromatic N) is 1. The highest BCUT2D eigenvalue weighted by atomic mass is 16.5. The Morgan fingerprint density at radius 2 is 2.36 bits per heavy atom. The van der Waals surface area contributed by atoms with Crippen LogP contribution >= 0.6 is 0 Å². The number of aliphatic imine (C=N–C) groups is 1. The molecule has 2 heteroatoms. The fraction of sp³-hybridized carbons (Fsp3) is 0.889. The van der Waals surface area contributed by atoms with E-state index in [4.69, 9.17) is 4.74 Å². The number of rotatable bonds is 4. The summed E-state index contributed by atoms with van der Waals surface area (Å²) in [7, 11) is 0. The molecule has 0 fully saturated rings. The summed E-state index contributed by atoms with van der Waals surface area (Å²) in [4.78, 5) is 4.32. The molecule has 64 valence electrons. The van der Waals surface area contributed by atoms with Crippen molar-refractivity contribution in [2.24, 2.45) is 10.9 Å². The summed E-state index contributed by atoms with van der Waals surface area (Å²) >= 11 is 0. The number of hydrogen-bond donors (Lipinski definition) is 0. The van der Waals surface area contributed by atoms with E-state index in [0.29, 0.717) is 5.92 Å². The first kappa shape index (κ1) is 8.57. The van der Waals surface area contributed by atoms with E-state index >= 15 is 0 Å². The molecule has 1 atom stereocenters. The Labute approximate surface area is 68.7 Å². The van der Waals surface area contributed by atoms with Crippen molar-refractivity contribution in [1.29, 1.82) is 0 Å². The van der Waals surface area contributed by atoms with Crippen molar-refractivity contribution in [2.75, 3.05) is 13.2 Å². The smallest absolute Gasteiger partial charge is 0.186 e. The van der Waals surface area contributed by atoms with E-state index in [1.165, 1.54) is 12.8 Å². The zero-order valence-corrected chi connectivity index (χ0v) is 7.47. The minimum atomic E-state index is 0.586. The molecule has 11 heavy (non-hydrogen) atoms. The van der Waals surface area contributed by atoms with Gasteiger partial charge in [-0.1, -0.05) is 20.3 Å². The van der Waals surface area contributed by atoms with Crippen LogP contribution in [0.2, 0.25) is 0 Å². The van der Waals surface area contributed by atoms with Gasteiger partial charge in [-0.05, 0) is 12.8 Å². The Bertz CT molecular complexity index is 142. The Balaban J connectivity index is 2.40. The fourth-order valence-corrected chi connectivity index (χ4v) is 1.45. The minimum Gasteiger partial charge on any atom is -0.479 e. The quantitative estimate of drug-likeness (QED) is 0.610. The highest BCUT2D eigenvalue weighted by Gasteiger charge is 2.17. The van der Waals surface area contributed by atoms with Gasteiger partial charge in [0.25, 0.3) is 0 Å². The lowest BCUT2D eigenvalue weighted by Crippen LogP contribution is -2.13. The average molecular weight is 155 g/mol. The summed E-state index contributed by atoms with van der Waals surface area (Å²) in [5.74, 6) is 1.59. The van der Waals surface area contributed by atoms with Crippen molar-refractivity contribution in [2.45, 2.75) is 33.1 Å². The van der Waals surface area contributed by atoms with Crippen molar-refractivity contribution >= 4 is 5.90 Å². The second kappa shape index (κ2) is 4.37. The second-order valence-corrected chi connectivity index (χ2v) is 2.96. The van der Waals surface area contributed by atoms with Crippen LogP contribution in [0.1, 0.15) is 33.1 Å². The Morgan fingerprint density at radius 1 is 1.55 bits per heavy atom. The Morgan fingerprint density at radius 3 is 2.82 bits per heavy atom. The van der Waals surface area contributed by atoms with Crippen LogP contribution in [-0.4, -0.2) is 19.0 Å². The first-order chi connectivity index (χ1) is 5.38. The molecule has 0 aromatic rings. The molecule has 1 unspecified atom stereocenters. The third-order valence-electron chi connectivity index (χ3n) is 2.09. The van der Waals surface area contributed by atoms with Crippen molar-refractivity contribution in [1.82, 2.24) is 0 Å². The van der Waals surface area contributed by atoms with E-state index in [2.05, 4.69) is 18.8 Å². The molecule has 0 N–H and O–H groups in total. The predicted octanol–water partition coefficient (Wildman–Crippen LogP) is 2.24. The van der Waals surface area contributed by atoms with E-state index < -0.39 is 0 Å². The summed E-state index contributed by atoms with van der Waals surface area (Å²) in [5, 5.41) is 0. The predicted molar refractivity (Wildman–Crippen MR) is 46.9 cm³/mol. The third-order valence-corrected chi connectivity index (χ3v) is 2.09. The fourth-order valence-electron chi connectivity index (χ4n) is 1.45. The van der Waals surface area contributed by atoms with Crippen molar-refractivity contribution in [3.8, 4) is 0 Å². The lowest BCUT2D eigenvalue weighted by atomic mass is 10.0. The highest BCUT2D eigenvalue weighted by molar-refractivity contribution is 5.79. The molecular formula is C9H17NO. The minimum absolute atomic E-state index is 0.586. The Kier molecular flexibility index (Phi) is 3.40. The van der Waals surface area contributed by atoms with Gasteiger partial charge >= 0.3 is 0 Å². The van der Waals surface area contributed by atoms with Crippen LogP contribution in [0, 0.1) is 5.92 Å². The molecule has 1 heterocycles. The second-order valence-electron chi connectivity index (χ2n) is 2.96. The summed E-state index contributed by atoms with van der Waals surface area (Å²) in [6.07, 6.45) is 3.60. The molecule has 2 nitrogen and oxygen atoms in total. The van der Waals surface area contributed by atoms with Crippen molar-refractivity contribution < 1.29 is 4.74 Å². The third kappa shape index (κ3) is 2.21. The number of hydrogen-bond acceptors (Lipinski definition) is 2. The lowest BCUT2D eigenvalue weighted by molar-refractivity contribution is 0.315. The van der Waals surface area contributed by atoms with Crippen LogP contribution < -0.4 is 0 Å². The topological polar surface area (TPSA) is 21.6 Å². The van der Waals surface area contributed by atoms with Crippen molar-refractivity contribution in [3.05, 3.63) is 0 Å². The van der Waals surface area contributed by atoms with E-state index in [1.54, 1.807) is 0 Å². The van der Waals surface area contributed by atoms with Crippen LogP contribution in [0.3, 0.4) is 0 Å². The normalized spacial score (nSPS) is 19.3. The molecule has 0 saturated heterocycles. The molecule has 0 amide bonds. The zero-order valence-electron chi connectivity index (χ0n) is 7.47. The van der Waals surface area contributed by atoms with E-state index in [9.17, 15) is 0 Å². The zero-order chi connectivity index (χ0) is 8.10. The SMILES string of the molecule is CCCC(CC)C1=NCCO1. The molecule has 0 aromatic carbocycles. The maximum atomic E-state index is 5.41. The van der Waals surface area contributed by atoms with Gasteiger partial charge in [0, 0.05) is 5.92 Å². The first-order valence-corrected chi connectivity index (χ1v) is 4.55. The first-order valence-electron chi connectivity index (χ1n) is 4.55. The van der Waals surface area contributed by atoms with Gasteiger partial charge in [0.2, 0.25) is 0 Å². The monoisotopic (exact) mass is 155 g/mol. The molecule has 0 aliphatic carbocycles. The van der Waals surface area contributed by atoms with E-state index in [0.717, 1.165) is 25.5 Å². The summed E-state index contributed by atoms with van der Waals surface area (Å²) < 4.78 is 5.41. The maximum Gasteiger partial charge on any atom is 0.186 e. The molecular weight excluding hydrogens is 138 g/mol. The Hall–Kier alpha value is -0.530.